The lowest BCUT2D eigenvalue weighted by Crippen LogP contribution is -2.38. The highest BCUT2D eigenvalue weighted by Gasteiger charge is 2.15. The van der Waals surface area contributed by atoms with Gasteiger partial charge in [0, 0.05) is 0 Å². The molecule has 0 aromatic rings. The van der Waals surface area contributed by atoms with Crippen LogP contribution in [-0.2, 0) is 0 Å². The van der Waals surface area contributed by atoms with E-state index >= 15 is 0 Å². The van der Waals surface area contributed by atoms with Gasteiger partial charge in [-0.05, 0) is 51.9 Å². The fourth-order valence-corrected chi connectivity index (χ4v) is 9.03. The molecule has 0 saturated carbocycles. The molecule has 2 aliphatic rings. The van der Waals surface area contributed by atoms with Gasteiger partial charge >= 0.3 is 0 Å². The van der Waals surface area contributed by atoms with Crippen LogP contribution in [0, 0.1) is 0 Å². The molecule has 2 nitrogen and oxygen atoms in total. The molecule has 0 bridgehead atoms. The first kappa shape index (κ1) is 8.93. The Labute approximate surface area is 79.9 Å². The number of hydrogen-bond acceptors (Lipinski definition) is 2. The van der Waals surface area contributed by atoms with Crippen LogP contribution in [0.3, 0.4) is 0 Å². The summed E-state index contributed by atoms with van der Waals surface area (Å²) in [4.78, 5) is 0. The average Bonchev–Trinajstić information content (AvgIpc) is 2.74. The van der Waals surface area contributed by atoms with Crippen LogP contribution in [0.15, 0.2) is 0 Å². The van der Waals surface area contributed by atoms with Crippen molar-refractivity contribution in [3.8, 4) is 0 Å². The maximum Gasteiger partial charge on any atom is 0.0968 e. The van der Waals surface area contributed by atoms with E-state index in [-0.39, 0.29) is 18.4 Å². The summed E-state index contributed by atoms with van der Waals surface area (Å²) in [5, 5.41) is 0. The van der Waals surface area contributed by atoms with Crippen LogP contribution in [0.2, 0.25) is 0 Å². The first-order valence-electron chi connectivity index (χ1n) is 5.40. The van der Waals surface area contributed by atoms with Gasteiger partial charge < -0.3 is 9.13 Å². The lowest BCUT2D eigenvalue weighted by atomic mass is 10.4. The normalized spacial score (nSPS) is 29.0. The summed E-state index contributed by atoms with van der Waals surface area (Å²) in [7, 11) is 0.513. The summed E-state index contributed by atoms with van der Waals surface area (Å²) in [6.45, 7) is 5.81. The molecule has 0 aliphatic carbocycles. The Morgan fingerprint density at radius 1 is 0.583 bits per heavy atom. The number of hydrogen-bond donors (Lipinski definition) is 0. The van der Waals surface area contributed by atoms with Crippen molar-refractivity contribution < 1.29 is 0 Å². The first-order chi connectivity index (χ1) is 5.95. The molecule has 12 heavy (non-hydrogen) atoms. The van der Waals surface area contributed by atoms with E-state index in [1.54, 1.807) is 0 Å². The van der Waals surface area contributed by atoms with Gasteiger partial charge in [-0.3, -0.25) is 0 Å². The number of nitrogens with zero attached hydrogens (tertiary/aromatic N) is 2. The standard InChI is InChI=1S/C8H20N2Si2/c1-2-6-9(5-1)11-12-10-7-3-4-8-10/h1-8,11-12H2. The minimum Gasteiger partial charge on any atom is -0.330 e. The maximum atomic E-state index is 2.81. The van der Waals surface area contributed by atoms with E-state index in [0.29, 0.717) is 0 Å². The summed E-state index contributed by atoms with van der Waals surface area (Å²) in [5.41, 5.74) is 0. The lowest BCUT2D eigenvalue weighted by molar-refractivity contribution is 0.538. The van der Waals surface area contributed by atoms with E-state index in [1.165, 1.54) is 51.9 Å². The predicted molar refractivity (Wildman–Crippen MR) is 58.7 cm³/mol. The zero-order valence-electron chi connectivity index (χ0n) is 7.97. The molecule has 0 amide bonds. The zero-order valence-corrected chi connectivity index (χ0v) is 10.8. The minimum absolute atomic E-state index is 0.256. The predicted octanol–water partition coefficient (Wildman–Crippen LogP) is -0.739. The van der Waals surface area contributed by atoms with E-state index < -0.39 is 0 Å². The highest BCUT2D eigenvalue weighted by Crippen LogP contribution is 2.07. The Kier molecular flexibility index (Phi) is 3.39. The van der Waals surface area contributed by atoms with Gasteiger partial charge in [-0.25, -0.2) is 0 Å². The Morgan fingerprint density at radius 2 is 0.917 bits per heavy atom. The summed E-state index contributed by atoms with van der Waals surface area (Å²) >= 11 is 0. The molecule has 2 fully saturated rings. The molecule has 2 aliphatic heterocycles. The van der Waals surface area contributed by atoms with E-state index in [1.807, 2.05) is 0 Å². The molecule has 2 saturated heterocycles. The van der Waals surface area contributed by atoms with Crippen LogP contribution >= 0.6 is 0 Å². The third kappa shape index (κ3) is 2.42. The Bertz CT molecular complexity index is 115. The lowest BCUT2D eigenvalue weighted by Gasteiger charge is -2.18. The maximum absolute atomic E-state index is 2.81. The molecule has 0 radical (unpaired) electrons. The highest BCUT2D eigenvalue weighted by atomic mass is 29.2. The molecule has 0 unspecified atom stereocenters. The molecule has 0 atom stereocenters. The van der Waals surface area contributed by atoms with Gasteiger partial charge in [0.1, 0.15) is 0 Å². The topological polar surface area (TPSA) is 6.48 Å². The fourth-order valence-electron chi connectivity index (χ4n) is 2.30. The van der Waals surface area contributed by atoms with Crippen LogP contribution in [-0.4, -0.2) is 53.7 Å². The van der Waals surface area contributed by atoms with Gasteiger partial charge in [0.05, 0.1) is 18.4 Å². The smallest absolute Gasteiger partial charge is 0.0968 e. The summed E-state index contributed by atoms with van der Waals surface area (Å²) < 4.78 is 5.62. The van der Waals surface area contributed by atoms with Gasteiger partial charge in [0.25, 0.3) is 0 Å². The first-order valence-corrected chi connectivity index (χ1v) is 10.7. The number of rotatable bonds is 3. The molecule has 0 spiro atoms. The molecule has 0 aromatic carbocycles. The third-order valence-electron chi connectivity index (χ3n) is 3.13. The molecule has 2 heterocycles. The van der Waals surface area contributed by atoms with Crippen molar-refractivity contribution in [3.63, 3.8) is 0 Å². The van der Waals surface area contributed by atoms with Crippen molar-refractivity contribution in [2.24, 2.45) is 0 Å². The summed E-state index contributed by atoms with van der Waals surface area (Å²) in [5.74, 6) is 0. The van der Waals surface area contributed by atoms with Gasteiger partial charge in [0.15, 0.2) is 0 Å². The van der Waals surface area contributed by atoms with Gasteiger partial charge in [-0.2, -0.15) is 0 Å². The second kappa shape index (κ2) is 4.55. The second-order valence-electron chi connectivity index (χ2n) is 4.10. The molecule has 0 N–H and O–H groups in total. The van der Waals surface area contributed by atoms with Crippen LogP contribution in [0.4, 0.5) is 0 Å². The van der Waals surface area contributed by atoms with Gasteiger partial charge in [-0.1, -0.05) is 0 Å². The molecule has 0 aromatic heterocycles. The van der Waals surface area contributed by atoms with E-state index in [4.69, 9.17) is 0 Å². The fraction of sp³-hybridized carbons (Fsp3) is 1.00. The average molecular weight is 200 g/mol. The van der Waals surface area contributed by atoms with Gasteiger partial charge in [-0.15, -0.1) is 0 Å². The molecule has 70 valence electrons. The van der Waals surface area contributed by atoms with E-state index in [0.717, 1.165) is 0 Å². The monoisotopic (exact) mass is 200 g/mol. The van der Waals surface area contributed by atoms with Crippen molar-refractivity contribution in [1.82, 2.24) is 9.13 Å². The zero-order chi connectivity index (χ0) is 8.23. The van der Waals surface area contributed by atoms with E-state index in [9.17, 15) is 0 Å². The summed E-state index contributed by atoms with van der Waals surface area (Å²) in [6.07, 6.45) is 5.95. The molecule has 4 heteroatoms. The van der Waals surface area contributed by atoms with Crippen molar-refractivity contribution in [2.75, 3.05) is 26.2 Å². The van der Waals surface area contributed by atoms with Gasteiger partial charge in [0.2, 0.25) is 0 Å². The molecule has 2 rings (SSSR count). The van der Waals surface area contributed by atoms with E-state index in [2.05, 4.69) is 9.13 Å². The second-order valence-corrected chi connectivity index (χ2v) is 9.46. The molecular weight excluding hydrogens is 180 g/mol. The van der Waals surface area contributed by atoms with Crippen molar-refractivity contribution in [2.45, 2.75) is 25.7 Å². The van der Waals surface area contributed by atoms with Crippen LogP contribution < -0.4 is 0 Å². The Hall–Kier alpha value is 0.354. The summed E-state index contributed by atoms with van der Waals surface area (Å²) in [6, 6.07) is 0. The Morgan fingerprint density at radius 3 is 1.25 bits per heavy atom. The minimum atomic E-state index is 0.256. The quantitative estimate of drug-likeness (QED) is 0.554. The van der Waals surface area contributed by atoms with Crippen LogP contribution in [0.1, 0.15) is 25.7 Å². The largest absolute Gasteiger partial charge is 0.330 e. The van der Waals surface area contributed by atoms with Crippen molar-refractivity contribution in [3.05, 3.63) is 0 Å². The SMILES string of the molecule is C1CCN([SiH2][SiH2]N2CCCC2)C1. The Balaban J connectivity index is 1.60. The van der Waals surface area contributed by atoms with Crippen molar-refractivity contribution in [1.29, 1.82) is 0 Å². The molecular formula is C8H20N2Si2. The van der Waals surface area contributed by atoms with Crippen LogP contribution in [0.25, 0.3) is 0 Å². The van der Waals surface area contributed by atoms with Crippen LogP contribution in [0.5, 0.6) is 0 Å². The highest BCUT2D eigenvalue weighted by molar-refractivity contribution is 6.97. The van der Waals surface area contributed by atoms with Crippen molar-refractivity contribution >= 4 is 18.4 Å². The third-order valence-corrected chi connectivity index (χ3v) is 10.3.